The lowest BCUT2D eigenvalue weighted by Crippen LogP contribution is -2.44. The quantitative estimate of drug-likeness (QED) is 0.217. The van der Waals surface area contributed by atoms with E-state index >= 15 is 0 Å². The molecule has 238 valence electrons. The van der Waals surface area contributed by atoms with Crippen LogP contribution in [0.25, 0.3) is 0 Å². The molecule has 1 fully saturated rings. The maximum Gasteiger partial charge on any atom is 0.415 e. The fourth-order valence-electron chi connectivity index (χ4n) is 4.87. The number of nitrogens with one attached hydrogen (secondary N) is 1. The number of ether oxygens (including phenoxy) is 2. The second kappa shape index (κ2) is 14.7. The van der Waals surface area contributed by atoms with Crippen molar-refractivity contribution in [2.24, 2.45) is 0 Å². The largest absolute Gasteiger partial charge is 0.444 e. The van der Waals surface area contributed by atoms with Crippen LogP contribution in [0.2, 0.25) is 0 Å². The van der Waals surface area contributed by atoms with Crippen molar-refractivity contribution in [1.29, 1.82) is 0 Å². The van der Waals surface area contributed by atoms with Crippen LogP contribution in [0, 0.1) is 10.1 Å². The van der Waals surface area contributed by atoms with Crippen LogP contribution >= 0.6 is 0 Å². The lowest BCUT2D eigenvalue weighted by molar-refractivity contribution is -0.384. The zero-order valence-electron chi connectivity index (χ0n) is 25.5. The fourth-order valence-corrected chi connectivity index (χ4v) is 4.87. The number of hydrogen-bond acceptors (Lipinski definition) is 8. The number of nitrogens with zero attached hydrogens (tertiary/aromatic N) is 3. The van der Waals surface area contributed by atoms with Crippen molar-refractivity contribution in [1.82, 2.24) is 9.80 Å². The summed E-state index contributed by atoms with van der Waals surface area (Å²) in [6.07, 6.45) is -0.523. The maximum absolute atomic E-state index is 13.1. The minimum absolute atomic E-state index is 0.0670. The molecule has 1 saturated heterocycles. The van der Waals surface area contributed by atoms with E-state index in [1.54, 1.807) is 45.0 Å². The highest BCUT2D eigenvalue weighted by atomic mass is 16.6. The molecule has 12 nitrogen and oxygen atoms in total. The Labute approximate surface area is 261 Å². The van der Waals surface area contributed by atoms with Gasteiger partial charge in [-0.2, -0.15) is 0 Å². The van der Waals surface area contributed by atoms with Crippen LogP contribution in [-0.4, -0.2) is 69.2 Å². The van der Waals surface area contributed by atoms with E-state index in [9.17, 15) is 29.6 Å². The molecule has 1 heterocycles. The highest BCUT2D eigenvalue weighted by molar-refractivity contribution is 5.97. The standard InChI is InChI=1S/C33H38N4O8/c1-33(2,3)45-31(40)35(22-29(38)24-8-5-4-6-9-24)21-19-23-11-13-25(14-12-23)34-30(39)28-10-7-20-36(28)32(41)44-27-17-15-26(16-18-27)37(42)43/h4-6,8-9,11-18,28-29,38H,7,10,19-22H2,1-3H3,(H,34,39)/t28-,29+/m1/s1. The summed E-state index contributed by atoms with van der Waals surface area (Å²) in [7, 11) is 0. The van der Waals surface area contributed by atoms with Crippen molar-refractivity contribution in [3.05, 3.63) is 100 Å². The van der Waals surface area contributed by atoms with Gasteiger partial charge in [-0.25, -0.2) is 9.59 Å². The molecule has 0 unspecified atom stereocenters. The summed E-state index contributed by atoms with van der Waals surface area (Å²) in [6, 6.07) is 20.7. The van der Waals surface area contributed by atoms with Crippen LogP contribution in [-0.2, 0) is 16.0 Å². The van der Waals surface area contributed by atoms with Gasteiger partial charge in [-0.3, -0.25) is 19.8 Å². The zero-order valence-corrected chi connectivity index (χ0v) is 25.5. The third kappa shape index (κ3) is 9.51. The monoisotopic (exact) mass is 618 g/mol. The Balaban J connectivity index is 1.33. The smallest absolute Gasteiger partial charge is 0.415 e. The van der Waals surface area contributed by atoms with Gasteiger partial charge in [0.2, 0.25) is 5.91 Å². The van der Waals surface area contributed by atoms with Crippen molar-refractivity contribution in [3.8, 4) is 5.75 Å². The van der Waals surface area contributed by atoms with E-state index < -0.39 is 34.9 Å². The van der Waals surface area contributed by atoms with Gasteiger partial charge < -0.3 is 24.8 Å². The van der Waals surface area contributed by atoms with Gasteiger partial charge in [-0.15, -0.1) is 0 Å². The summed E-state index contributed by atoms with van der Waals surface area (Å²) >= 11 is 0. The molecule has 1 aliphatic rings. The minimum atomic E-state index is -0.877. The summed E-state index contributed by atoms with van der Waals surface area (Å²) in [4.78, 5) is 52.0. The number of nitro benzene ring substituents is 1. The first kappa shape index (κ1) is 32.9. The molecular formula is C33H38N4O8. The number of nitro groups is 1. The van der Waals surface area contributed by atoms with Crippen LogP contribution in [0.4, 0.5) is 21.0 Å². The topological polar surface area (TPSA) is 152 Å². The van der Waals surface area contributed by atoms with Gasteiger partial charge in [-0.1, -0.05) is 42.5 Å². The Morgan fingerprint density at radius 3 is 2.33 bits per heavy atom. The predicted octanol–water partition coefficient (Wildman–Crippen LogP) is 5.71. The van der Waals surface area contributed by atoms with Gasteiger partial charge in [0.05, 0.1) is 17.6 Å². The number of non-ortho nitro benzene ring substituents is 1. The average Bonchev–Trinajstić information content (AvgIpc) is 3.50. The second-order valence-corrected chi connectivity index (χ2v) is 11.8. The first-order valence-electron chi connectivity index (χ1n) is 14.7. The van der Waals surface area contributed by atoms with E-state index in [0.717, 1.165) is 5.56 Å². The Morgan fingerprint density at radius 2 is 1.71 bits per heavy atom. The molecule has 3 aromatic carbocycles. The molecule has 4 rings (SSSR count). The number of carbonyl (C=O) groups excluding carboxylic acids is 3. The van der Waals surface area contributed by atoms with E-state index in [-0.39, 0.29) is 23.9 Å². The molecule has 0 aromatic heterocycles. The number of hydrogen-bond donors (Lipinski definition) is 2. The van der Waals surface area contributed by atoms with Crippen LogP contribution in [0.3, 0.4) is 0 Å². The fraction of sp³-hybridized carbons (Fsp3) is 0.364. The van der Waals surface area contributed by atoms with Gasteiger partial charge in [0.15, 0.2) is 0 Å². The van der Waals surface area contributed by atoms with E-state index in [0.29, 0.717) is 43.6 Å². The van der Waals surface area contributed by atoms with E-state index in [4.69, 9.17) is 9.47 Å². The lowest BCUT2D eigenvalue weighted by atomic mass is 10.1. The molecule has 3 aromatic rings. The molecule has 2 N–H and O–H groups in total. The number of benzene rings is 3. The molecule has 0 aliphatic carbocycles. The predicted molar refractivity (Wildman–Crippen MR) is 167 cm³/mol. The molecule has 0 spiro atoms. The number of aliphatic hydroxyl groups is 1. The number of aliphatic hydroxyl groups excluding tert-OH is 1. The molecule has 2 atom stereocenters. The molecular weight excluding hydrogens is 580 g/mol. The summed E-state index contributed by atoms with van der Waals surface area (Å²) in [6.45, 7) is 6.08. The average molecular weight is 619 g/mol. The van der Waals surface area contributed by atoms with E-state index in [1.807, 2.05) is 30.3 Å². The SMILES string of the molecule is CC(C)(C)OC(=O)N(CCc1ccc(NC(=O)[C@H]2CCCN2C(=O)Oc2ccc([N+](=O)[O-])cc2)cc1)C[C@H](O)c1ccccc1. The third-order valence-electron chi connectivity index (χ3n) is 7.16. The van der Waals surface area contributed by atoms with Crippen LogP contribution < -0.4 is 10.1 Å². The molecule has 12 heteroatoms. The Bertz CT molecular complexity index is 1470. The summed E-state index contributed by atoms with van der Waals surface area (Å²) in [5.41, 5.74) is 1.34. The number of anilines is 1. The van der Waals surface area contributed by atoms with E-state index in [1.165, 1.54) is 34.1 Å². The van der Waals surface area contributed by atoms with Gasteiger partial charge in [-0.05, 0) is 75.4 Å². The van der Waals surface area contributed by atoms with Crippen LogP contribution in [0.5, 0.6) is 5.75 Å². The summed E-state index contributed by atoms with van der Waals surface area (Å²) < 4.78 is 10.9. The number of amides is 3. The normalized spacial score (nSPS) is 15.2. The Morgan fingerprint density at radius 1 is 1.04 bits per heavy atom. The van der Waals surface area contributed by atoms with E-state index in [2.05, 4.69) is 5.32 Å². The van der Waals surface area contributed by atoms with Gasteiger partial charge in [0.25, 0.3) is 5.69 Å². The van der Waals surface area contributed by atoms with Gasteiger partial charge in [0.1, 0.15) is 17.4 Å². The van der Waals surface area contributed by atoms with Crippen molar-refractivity contribution in [3.63, 3.8) is 0 Å². The molecule has 0 radical (unpaired) electrons. The van der Waals surface area contributed by atoms with Crippen molar-refractivity contribution in [2.45, 2.75) is 57.8 Å². The molecule has 1 aliphatic heterocycles. The highest BCUT2D eigenvalue weighted by Crippen LogP contribution is 2.24. The van der Waals surface area contributed by atoms with Crippen molar-refractivity contribution < 1.29 is 33.9 Å². The van der Waals surface area contributed by atoms with Crippen LogP contribution in [0.15, 0.2) is 78.9 Å². The highest BCUT2D eigenvalue weighted by Gasteiger charge is 2.35. The molecule has 3 amide bonds. The summed E-state index contributed by atoms with van der Waals surface area (Å²) in [5, 5.41) is 24.5. The van der Waals surface area contributed by atoms with Gasteiger partial charge in [0, 0.05) is 30.9 Å². The summed E-state index contributed by atoms with van der Waals surface area (Å²) in [5.74, 6) is -0.209. The minimum Gasteiger partial charge on any atom is -0.444 e. The number of carbonyl (C=O) groups is 3. The second-order valence-electron chi connectivity index (χ2n) is 11.8. The Hall–Kier alpha value is -4.97. The van der Waals surface area contributed by atoms with Crippen molar-refractivity contribution >= 4 is 29.5 Å². The molecule has 45 heavy (non-hydrogen) atoms. The zero-order chi connectivity index (χ0) is 32.6. The van der Waals surface area contributed by atoms with Crippen LogP contribution in [0.1, 0.15) is 50.8 Å². The first-order chi connectivity index (χ1) is 21.4. The lowest BCUT2D eigenvalue weighted by Gasteiger charge is -2.29. The molecule has 0 bridgehead atoms. The number of likely N-dealkylation sites (tertiary alicyclic amines) is 1. The third-order valence-corrected chi connectivity index (χ3v) is 7.16. The number of rotatable bonds is 10. The molecule has 0 saturated carbocycles. The van der Waals surface area contributed by atoms with Gasteiger partial charge >= 0.3 is 12.2 Å². The maximum atomic E-state index is 13.1. The first-order valence-corrected chi connectivity index (χ1v) is 14.7. The Kier molecular flexibility index (Phi) is 10.7. The van der Waals surface area contributed by atoms with Crippen molar-refractivity contribution in [2.75, 3.05) is 25.0 Å².